The number of likely N-dealkylation sites (tertiary alicyclic amines) is 1. The molecule has 26 heavy (non-hydrogen) atoms. The summed E-state index contributed by atoms with van der Waals surface area (Å²) in [6.07, 6.45) is 3.43. The third-order valence-corrected chi connectivity index (χ3v) is 6.30. The molecule has 0 radical (unpaired) electrons. The van der Waals surface area contributed by atoms with Gasteiger partial charge in [0.1, 0.15) is 5.75 Å². The second-order valence-electron chi connectivity index (χ2n) is 7.61. The van der Waals surface area contributed by atoms with Gasteiger partial charge in [-0.3, -0.25) is 9.69 Å². The average Bonchev–Trinajstić information content (AvgIpc) is 3.19. The fourth-order valence-electron chi connectivity index (χ4n) is 4.89. The van der Waals surface area contributed by atoms with E-state index >= 15 is 0 Å². The van der Waals surface area contributed by atoms with Gasteiger partial charge in [-0.1, -0.05) is 0 Å². The first kappa shape index (κ1) is 17.1. The number of nitrogens with one attached hydrogen (secondary N) is 2. The lowest BCUT2D eigenvalue weighted by Gasteiger charge is -2.39. The van der Waals surface area contributed by atoms with Crippen molar-refractivity contribution in [2.24, 2.45) is 0 Å². The highest BCUT2D eigenvalue weighted by Gasteiger charge is 2.49. The lowest BCUT2D eigenvalue weighted by molar-refractivity contribution is -0.122. The number of fused-ring (bicyclic) bond motifs is 2. The van der Waals surface area contributed by atoms with Crippen LogP contribution in [0, 0.1) is 0 Å². The summed E-state index contributed by atoms with van der Waals surface area (Å²) in [5, 5.41) is 14.5. The summed E-state index contributed by atoms with van der Waals surface area (Å²) in [5.74, 6) is 0.884. The Kier molecular flexibility index (Phi) is 4.26. The predicted octanol–water partition coefficient (Wildman–Crippen LogP) is 2.17. The van der Waals surface area contributed by atoms with E-state index in [0.29, 0.717) is 6.04 Å². The van der Waals surface area contributed by atoms with E-state index in [1.807, 2.05) is 18.2 Å². The molecule has 4 rings (SSSR count). The predicted molar refractivity (Wildman–Crippen MR) is 96.7 cm³/mol. The molecular weight excluding hydrogens is 334 g/mol. The molecule has 2 amide bonds. The van der Waals surface area contributed by atoms with E-state index in [2.05, 4.69) is 15.5 Å². The molecule has 2 fully saturated rings. The highest BCUT2D eigenvalue weighted by Crippen LogP contribution is 2.49. The van der Waals surface area contributed by atoms with Gasteiger partial charge in [0.05, 0.1) is 12.5 Å². The number of hydrogen-bond acceptors (Lipinski definition) is 4. The minimum atomic E-state index is -0.951. The number of carboxylic acid groups (broad SMARTS) is 1. The van der Waals surface area contributed by atoms with Crippen molar-refractivity contribution >= 4 is 17.7 Å². The molecule has 1 spiro atoms. The normalized spacial score (nSPS) is 30.9. The molecule has 1 saturated carbocycles. The molecule has 0 unspecified atom stereocenters. The number of benzene rings is 1. The first-order chi connectivity index (χ1) is 12.5. The Balaban J connectivity index is 1.46. The number of nitrogens with zero attached hydrogens (tertiary/aromatic N) is 1. The van der Waals surface area contributed by atoms with Gasteiger partial charge < -0.3 is 20.5 Å². The standard InChI is InChI=1S/C19H25N3O4/c1-26-14-2-3-16-15(10-14)19(17(23)21-16)7-4-13(5-8-19)22-9-6-12(11-22)20-18(24)25/h2-3,10,12-13,20H,4-9,11H2,1H3,(H,21,23)(H,24,25)/t12-,13?,19?/m0/s1. The summed E-state index contributed by atoms with van der Waals surface area (Å²) in [4.78, 5) is 26.0. The zero-order valence-corrected chi connectivity index (χ0v) is 15.0. The molecule has 1 atom stereocenters. The molecule has 2 heterocycles. The number of amides is 2. The SMILES string of the molecule is COc1ccc2c(c1)C1(CCC(N3CC[C@H](NC(=O)O)C3)CC1)C(=O)N2. The maximum absolute atomic E-state index is 12.8. The van der Waals surface area contributed by atoms with Crippen LogP contribution in [-0.2, 0) is 10.2 Å². The van der Waals surface area contributed by atoms with Crippen molar-refractivity contribution in [1.82, 2.24) is 10.2 Å². The highest BCUT2D eigenvalue weighted by molar-refractivity contribution is 6.06. The van der Waals surface area contributed by atoms with Gasteiger partial charge in [0.15, 0.2) is 0 Å². The summed E-state index contributed by atoms with van der Waals surface area (Å²) in [7, 11) is 1.64. The van der Waals surface area contributed by atoms with Crippen molar-refractivity contribution in [3.05, 3.63) is 23.8 Å². The molecule has 2 aliphatic heterocycles. The molecule has 1 aromatic carbocycles. The molecule has 7 nitrogen and oxygen atoms in total. The molecule has 7 heteroatoms. The number of rotatable bonds is 3. The van der Waals surface area contributed by atoms with Crippen molar-refractivity contribution in [1.29, 1.82) is 0 Å². The molecule has 0 aromatic heterocycles. The van der Waals surface area contributed by atoms with Gasteiger partial charge in [0.2, 0.25) is 5.91 Å². The largest absolute Gasteiger partial charge is 0.497 e. The van der Waals surface area contributed by atoms with Crippen molar-refractivity contribution in [3.8, 4) is 5.75 Å². The summed E-state index contributed by atoms with van der Waals surface area (Å²) in [6, 6.07) is 6.24. The number of methoxy groups -OCH3 is 1. The Morgan fingerprint density at radius 2 is 2.12 bits per heavy atom. The summed E-state index contributed by atoms with van der Waals surface area (Å²) >= 11 is 0. The van der Waals surface area contributed by atoms with Gasteiger partial charge in [0, 0.05) is 30.9 Å². The van der Waals surface area contributed by atoms with Gasteiger partial charge in [-0.05, 0) is 55.9 Å². The van der Waals surface area contributed by atoms with E-state index < -0.39 is 11.5 Å². The molecule has 140 valence electrons. The fourth-order valence-corrected chi connectivity index (χ4v) is 4.89. The van der Waals surface area contributed by atoms with E-state index in [1.54, 1.807) is 7.11 Å². The van der Waals surface area contributed by atoms with Crippen LogP contribution in [0.5, 0.6) is 5.75 Å². The van der Waals surface area contributed by atoms with Crippen LogP contribution in [0.25, 0.3) is 0 Å². The number of ether oxygens (including phenoxy) is 1. The number of carbonyl (C=O) groups excluding carboxylic acids is 1. The van der Waals surface area contributed by atoms with Gasteiger partial charge in [-0.25, -0.2) is 4.79 Å². The number of anilines is 1. The van der Waals surface area contributed by atoms with E-state index in [-0.39, 0.29) is 11.9 Å². The number of carbonyl (C=O) groups is 2. The zero-order valence-electron chi connectivity index (χ0n) is 15.0. The quantitative estimate of drug-likeness (QED) is 0.769. The Morgan fingerprint density at radius 1 is 1.35 bits per heavy atom. The molecule has 1 aliphatic carbocycles. The minimum absolute atomic E-state index is 0.0168. The number of hydrogen-bond donors (Lipinski definition) is 3. The molecule has 1 aromatic rings. The summed E-state index contributed by atoms with van der Waals surface area (Å²) < 4.78 is 5.35. The van der Waals surface area contributed by atoms with Crippen LogP contribution in [-0.4, -0.2) is 54.3 Å². The van der Waals surface area contributed by atoms with Gasteiger partial charge in [0.25, 0.3) is 0 Å². The maximum atomic E-state index is 12.8. The molecule has 0 bridgehead atoms. The third kappa shape index (κ3) is 2.80. The van der Waals surface area contributed by atoms with Gasteiger partial charge in [-0.15, -0.1) is 0 Å². The minimum Gasteiger partial charge on any atom is -0.497 e. The fraction of sp³-hybridized carbons (Fsp3) is 0.579. The van der Waals surface area contributed by atoms with Crippen LogP contribution in [0.3, 0.4) is 0 Å². The van der Waals surface area contributed by atoms with E-state index in [1.165, 1.54) is 0 Å². The monoisotopic (exact) mass is 359 g/mol. The first-order valence-electron chi connectivity index (χ1n) is 9.25. The van der Waals surface area contributed by atoms with Crippen LogP contribution in [0.1, 0.15) is 37.7 Å². The second kappa shape index (κ2) is 6.46. The topological polar surface area (TPSA) is 90.9 Å². The van der Waals surface area contributed by atoms with E-state index in [0.717, 1.165) is 62.2 Å². The second-order valence-corrected chi connectivity index (χ2v) is 7.61. The van der Waals surface area contributed by atoms with Gasteiger partial charge >= 0.3 is 6.09 Å². The lowest BCUT2D eigenvalue weighted by Crippen LogP contribution is -2.45. The van der Waals surface area contributed by atoms with Crippen LogP contribution in [0.2, 0.25) is 0 Å². The lowest BCUT2D eigenvalue weighted by atomic mass is 9.68. The molecule has 3 N–H and O–H groups in total. The summed E-state index contributed by atoms with van der Waals surface area (Å²) in [5.41, 5.74) is 1.52. The molecular formula is C19H25N3O4. The Hall–Kier alpha value is -2.28. The maximum Gasteiger partial charge on any atom is 0.404 e. The van der Waals surface area contributed by atoms with Crippen LogP contribution < -0.4 is 15.4 Å². The van der Waals surface area contributed by atoms with Crippen molar-refractivity contribution in [3.63, 3.8) is 0 Å². The Labute approximate surface area is 152 Å². The van der Waals surface area contributed by atoms with Crippen molar-refractivity contribution < 1.29 is 19.4 Å². The Morgan fingerprint density at radius 3 is 2.81 bits per heavy atom. The first-order valence-corrected chi connectivity index (χ1v) is 9.25. The highest BCUT2D eigenvalue weighted by atomic mass is 16.5. The van der Waals surface area contributed by atoms with E-state index in [4.69, 9.17) is 9.84 Å². The van der Waals surface area contributed by atoms with Crippen LogP contribution >= 0.6 is 0 Å². The van der Waals surface area contributed by atoms with Crippen LogP contribution in [0.4, 0.5) is 10.5 Å². The van der Waals surface area contributed by atoms with Crippen LogP contribution in [0.15, 0.2) is 18.2 Å². The van der Waals surface area contributed by atoms with Crippen molar-refractivity contribution in [2.75, 3.05) is 25.5 Å². The third-order valence-electron chi connectivity index (χ3n) is 6.30. The van der Waals surface area contributed by atoms with Gasteiger partial charge in [-0.2, -0.15) is 0 Å². The zero-order chi connectivity index (χ0) is 18.3. The van der Waals surface area contributed by atoms with E-state index in [9.17, 15) is 9.59 Å². The Bertz CT molecular complexity index is 727. The summed E-state index contributed by atoms with van der Waals surface area (Å²) in [6.45, 7) is 1.68. The molecule has 3 aliphatic rings. The average molecular weight is 359 g/mol. The molecule has 1 saturated heterocycles. The van der Waals surface area contributed by atoms with Crippen molar-refractivity contribution in [2.45, 2.75) is 49.6 Å². The smallest absolute Gasteiger partial charge is 0.404 e.